The van der Waals surface area contributed by atoms with E-state index in [1.54, 1.807) is 0 Å². The van der Waals surface area contributed by atoms with E-state index in [1.807, 2.05) is 13.8 Å². The number of likely N-dealkylation sites (N-methyl/N-ethyl adjacent to an activating group) is 1. The van der Waals surface area contributed by atoms with Gasteiger partial charge in [-0.3, -0.25) is 9.88 Å². The normalized spacial score (nSPS) is 16.2. The van der Waals surface area contributed by atoms with Gasteiger partial charge in [0.25, 0.3) is 0 Å². The van der Waals surface area contributed by atoms with Crippen molar-refractivity contribution in [3.63, 3.8) is 0 Å². The molecule has 2 aromatic rings. The Bertz CT molecular complexity index is 686. The molecule has 1 aliphatic heterocycles. The molecule has 1 aromatic carbocycles. The van der Waals surface area contributed by atoms with Crippen molar-refractivity contribution in [2.24, 2.45) is 0 Å². The number of para-hydroxylation sites is 1. The number of aryl methyl sites for hydroxylation is 1. The molecule has 21 heavy (non-hydrogen) atoms. The van der Waals surface area contributed by atoms with Gasteiger partial charge in [-0.15, -0.1) is 0 Å². The highest BCUT2D eigenvalue weighted by molar-refractivity contribution is 5.87. The molecular formula is C18H24N2O. The van der Waals surface area contributed by atoms with E-state index in [1.165, 1.54) is 16.8 Å². The molecule has 0 saturated carbocycles. The van der Waals surface area contributed by atoms with Gasteiger partial charge in [-0.05, 0) is 44.0 Å². The van der Waals surface area contributed by atoms with Crippen LogP contribution in [0.1, 0.15) is 43.2 Å². The Labute approximate surface area is 126 Å². The topological polar surface area (TPSA) is 36.4 Å². The van der Waals surface area contributed by atoms with Crippen molar-refractivity contribution in [3.05, 3.63) is 40.6 Å². The van der Waals surface area contributed by atoms with Crippen LogP contribution < -0.4 is 0 Å². The summed E-state index contributed by atoms with van der Waals surface area (Å²) in [6, 6.07) is 6.24. The van der Waals surface area contributed by atoms with Gasteiger partial charge in [-0.2, -0.15) is 0 Å². The number of benzene rings is 1. The lowest BCUT2D eigenvalue weighted by Crippen LogP contribution is -2.34. The average molecular weight is 284 g/mol. The summed E-state index contributed by atoms with van der Waals surface area (Å²) < 4.78 is 0. The minimum absolute atomic E-state index is 0.851. The number of fused-ring (bicyclic) bond motifs is 2. The first-order chi connectivity index (χ1) is 9.91. The Morgan fingerprint density at radius 1 is 1.33 bits per heavy atom. The maximum atomic E-state index is 10.7. The summed E-state index contributed by atoms with van der Waals surface area (Å²) in [5.74, 6) is 0. The number of rotatable bonds is 2. The number of hydrogen-bond acceptors (Lipinski definition) is 3. The third-order valence-electron chi connectivity index (χ3n) is 4.51. The zero-order valence-corrected chi connectivity index (χ0v) is 13.4. The van der Waals surface area contributed by atoms with Crippen LogP contribution in [0.4, 0.5) is 0 Å². The summed E-state index contributed by atoms with van der Waals surface area (Å²) in [6.45, 7) is 11.0. The van der Waals surface area contributed by atoms with Crippen molar-refractivity contribution >= 4 is 10.9 Å². The van der Waals surface area contributed by atoms with E-state index in [-0.39, 0.29) is 0 Å². The van der Waals surface area contributed by atoms with Gasteiger partial charge in [0.05, 0.1) is 11.1 Å². The molecule has 112 valence electrons. The van der Waals surface area contributed by atoms with Crippen LogP contribution in [0.2, 0.25) is 0 Å². The minimum atomic E-state index is -0.851. The van der Waals surface area contributed by atoms with Crippen LogP contribution in [0.3, 0.4) is 0 Å². The summed E-state index contributed by atoms with van der Waals surface area (Å²) in [7, 11) is 0. The Kier molecular flexibility index (Phi) is 3.50. The second-order valence-corrected chi connectivity index (χ2v) is 6.56. The van der Waals surface area contributed by atoms with Crippen LogP contribution in [0, 0.1) is 6.92 Å². The molecule has 1 aliphatic rings. The van der Waals surface area contributed by atoms with E-state index >= 15 is 0 Å². The largest absolute Gasteiger partial charge is 0.386 e. The summed E-state index contributed by atoms with van der Waals surface area (Å²) in [5.41, 5.74) is 4.82. The maximum Gasteiger partial charge on any atom is 0.0850 e. The molecular weight excluding hydrogens is 260 g/mol. The summed E-state index contributed by atoms with van der Waals surface area (Å²) in [4.78, 5) is 7.34. The molecule has 3 heteroatoms. The van der Waals surface area contributed by atoms with Gasteiger partial charge in [0.1, 0.15) is 0 Å². The summed E-state index contributed by atoms with van der Waals surface area (Å²) >= 11 is 0. The van der Waals surface area contributed by atoms with Crippen LogP contribution in [0.15, 0.2) is 18.2 Å². The quantitative estimate of drug-likeness (QED) is 0.920. The predicted molar refractivity (Wildman–Crippen MR) is 86.4 cm³/mol. The fraction of sp³-hybridized carbons (Fsp3) is 0.500. The highest BCUT2D eigenvalue weighted by Crippen LogP contribution is 2.35. The van der Waals surface area contributed by atoms with Gasteiger partial charge >= 0.3 is 0 Å². The van der Waals surface area contributed by atoms with E-state index < -0.39 is 5.60 Å². The minimum Gasteiger partial charge on any atom is -0.386 e. The first-order valence-electron chi connectivity index (χ1n) is 7.78. The van der Waals surface area contributed by atoms with Crippen LogP contribution in [-0.4, -0.2) is 28.1 Å². The molecule has 0 aliphatic carbocycles. The number of aliphatic hydroxyl groups is 1. The number of pyridine rings is 1. The Hall–Kier alpha value is -1.45. The Morgan fingerprint density at radius 3 is 2.76 bits per heavy atom. The van der Waals surface area contributed by atoms with E-state index in [4.69, 9.17) is 4.98 Å². The van der Waals surface area contributed by atoms with Crippen molar-refractivity contribution in [2.45, 2.75) is 46.3 Å². The van der Waals surface area contributed by atoms with E-state index in [9.17, 15) is 5.11 Å². The molecule has 1 N–H and O–H groups in total. The molecule has 3 nitrogen and oxygen atoms in total. The van der Waals surface area contributed by atoms with Gasteiger partial charge in [0, 0.05) is 30.6 Å². The first kappa shape index (κ1) is 14.5. The molecule has 3 rings (SSSR count). The molecule has 0 amide bonds. The molecule has 1 aromatic heterocycles. The first-order valence-corrected chi connectivity index (χ1v) is 7.78. The molecule has 0 fully saturated rings. The van der Waals surface area contributed by atoms with Crippen LogP contribution in [0.5, 0.6) is 0 Å². The van der Waals surface area contributed by atoms with Gasteiger partial charge in [-0.1, -0.05) is 25.1 Å². The van der Waals surface area contributed by atoms with Crippen molar-refractivity contribution in [1.29, 1.82) is 0 Å². The zero-order valence-electron chi connectivity index (χ0n) is 13.4. The third kappa shape index (κ3) is 2.45. The molecule has 0 bridgehead atoms. The van der Waals surface area contributed by atoms with Gasteiger partial charge in [0.2, 0.25) is 0 Å². The van der Waals surface area contributed by atoms with Crippen molar-refractivity contribution < 1.29 is 5.11 Å². The second-order valence-electron chi connectivity index (χ2n) is 6.56. The summed E-state index contributed by atoms with van der Waals surface area (Å²) in [6.07, 6.45) is 0.969. The lowest BCUT2D eigenvalue weighted by molar-refractivity contribution is 0.0775. The van der Waals surface area contributed by atoms with E-state index in [0.29, 0.717) is 0 Å². The van der Waals surface area contributed by atoms with Crippen molar-refractivity contribution in [3.8, 4) is 0 Å². The fourth-order valence-corrected chi connectivity index (χ4v) is 3.43. The van der Waals surface area contributed by atoms with Crippen LogP contribution >= 0.6 is 0 Å². The average Bonchev–Trinajstić information content (AvgIpc) is 2.43. The Balaban J connectivity index is 2.34. The lowest BCUT2D eigenvalue weighted by atomic mass is 9.86. The third-order valence-corrected chi connectivity index (χ3v) is 4.51. The number of hydrogen-bond donors (Lipinski definition) is 1. The number of aromatic nitrogens is 1. The molecule has 0 saturated heterocycles. The highest BCUT2D eigenvalue weighted by Gasteiger charge is 2.29. The smallest absolute Gasteiger partial charge is 0.0850 e. The molecule has 0 unspecified atom stereocenters. The number of nitrogens with zero attached hydrogens (tertiary/aromatic N) is 2. The van der Waals surface area contributed by atoms with Gasteiger partial charge in [-0.25, -0.2) is 0 Å². The Morgan fingerprint density at radius 2 is 2.10 bits per heavy atom. The zero-order chi connectivity index (χ0) is 15.2. The molecule has 2 heterocycles. The standard InChI is InChI=1S/C18H24N2O/c1-5-20-10-9-15-14(11-20)16(18(3,4)21)13-8-6-7-12(2)17(13)19-15/h6-8,21H,5,9-11H2,1-4H3. The molecule has 0 spiro atoms. The van der Waals surface area contributed by atoms with Crippen molar-refractivity contribution in [1.82, 2.24) is 9.88 Å². The van der Waals surface area contributed by atoms with Crippen LogP contribution in [-0.2, 0) is 18.6 Å². The van der Waals surface area contributed by atoms with E-state index in [2.05, 4.69) is 36.9 Å². The molecule has 0 radical (unpaired) electrons. The van der Waals surface area contributed by atoms with Gasteiger partial charge < -0.3 is 5.11 Å². The predicted octanol–water partition coefficient (Wildman–Crippen LogP) is 3.15. The summed E-state index contributed by atoms with van der Waals surface area (Å²) in [5, 5.41) is 11.8. The highest BCUT2D eigenvalue weighted by atomic mass is 16.3. The van der Waals surface area contributed by atoms with Crippen LogP contribution in [0.25, 0.3) is 10.9 Å². The molecule has 0 atom stereocenters. The second kappa shape index (κ2) is 5.08. The van der Waals surface area contributed by atoms with Gasteiger partial charge in [0.15, 0.2) is 0 Å². The maximum absolute atomic E-state index is 10.7. The fourth-order valence-electron chi connectivity index (χ4n) is 3.43. The van der Waals surface area contributed by atoms with E-state index in [0.717, 1.165) is 42.5 Å². The SMILES string of the molecule is CCN1CCc2nc3c(C)cccc3c(C(C)(C)O)c2C1. The monoisotopic (exact) mass is 284 g/mol. The lowest BCUT2D eigenvalue weighted by Gasteiger charge is -2.33. The van der Waals surface area contributed by atoms with Crippen molar-refractivity contribution in [2.75, 3.05) is 13.1 Å².